The zero-order chi connectivity index (χ0) is 13.1. The van der Waals surface area contributed by atoms with Crippen LogP contribution >= 0.6 is 0 Å². The van der Waals surface area contributed by atoms with Gasteiger partial charge >= 0.3 is 0 Å². The van der Waals surface area contributed by atoms with Gasteiger partial charge in [-0.2, -0.15) is 0 Å². The van der Waals surface area contributed by atoms with Crippen molar-refractivity contribution in [2.75, 3.05) is 5.32 Å². The van der Waals surface area contributed by atoms with Crippen LogP contribution in [0.1, 0.15) is 10.4 Å². The van der Waals surface area contributed by atoms with Gasteiger partial charge in [0.1, 0.15) is 0 Å². The average Bonchev–Trinajstić information content (AvgIpc) is 2.49. The number of carbonyl (C=O) groups is 1. The fourth-order valence-electron chi connectivity index (χ4n) is 2.19. The summed E-state index contributed by atoms with van der Waals surface area (Å²) in [6.45, 7) is 0. The molecule has 0 aliphatic heterocycles. The first-order valence-electron chi connectivity index (χ1n) is 6.17. The van der Waals surface area contributed by atoms with E-state index in [-0.39, 0.29) is 0 Å². The molecule has 0 aromatic heterocycles. The SMILES string of the molecule is O=Cc1ccc2ccccc2c1Nc1ccccc1. The van der Waals surface area contributed by atoms with Gasteiger partial charge in [-0.25, -0.2) is 0 Å². The second-order valence-electron chi connectivity index (χ2n) is 4.36. The minimum atomic E-state index is 0.669. The van der Waals surface area contributed by atoms with Gasteiger partial charge in [-0.05, 0) is 23.6 Å². The largest absolute Gasteiger partial charge is 0.354 e. The van der Waals surface area contributed by atoms with Gasteiger partial charge in [0.05, 0.1) is 5.69 Å². The molecule has 0 radical (unpaired) electrons. The summed E-state index contributed by atoms with van der Waals surface area (Å²) in [5.74, 6) is 0. The van der Waals surface area contributed by atoms with E-state index in [2.05, 4.69) is 5.32 Å². The topological polar surface area (TPSA) is 29.1 Å². The molecule has 0 heterocycles. The molecule has 3 aromatic rings. The molecular formula is C17H13NO. The van der Waals surface area contributed by atoms with Crippen molar-refractivity contribution in [3.8, 4) is 0 Å². The number of para-hydroxylation sites is 1. The monoisotopic (exact) mass is 247 g/mol. The molecule has 0 unspecified atom stereocenters. The summed E-state index contributed by atoms with van der Waals surface area (Å²) in [4.78, 5) is 11.2. The molecule has 0 amide bonds. The molecule has 0 saturated carbocycles. The zero-order valence-corrected chi connectivity index (χ0v) is 10.3. The first-order valence-corrected chi connectivity index (χ1v) is 6.17. The molecule has 3 rings (SSSR count). The highest BCUT2D eigenvalue weighted by Gasteiger charge is 2.06. The van der Waals surface area contributed by atoms with E-state index >= 15 is 0 Å². The molecular weight excluding hydrogens is 234 g/mol. The third-order valence-electron chi connectivity index (χ3n) is 3.13. The molecule has 0 aliphatic rings. The standard InChI is InChI=1S/C17H13NO/c19-12-14-11-10-13-6-4-5-9-16(13)17(14)18-15-7-2-1-3-8-15/h1-12,18H. The summed E-state index contributed by atoms with van der Waals surface area (Å²) >= 11 is 0. The van der Waals surface area contributed by atoms with Gasteiger partial charge in [-0.15, -0.1) is 0 Å². The fraction of sp³-hybridized carbons (Fsp3) is 0. The molecule has 92 valence electrons. The van der Waals surface area contributed by atoms with Crippen molar-refractivity contribution in [3.05, 3.63) is 72.3 Å². The number of rotatable bonds is 3. The maximum Gasteiger partial charge on any atom is 0.152 e. The maximum atomic E-state index is 11.2. The molecule has 2 nitrogen and oxygen atoms in total. The number of anilines is 2. The summed E-state index contributed by atoms with van der Waals surface area (Å²) in [5.41, 5.74) is 2.50. The van der Waals surface area contributed by atoms with Crippen LogP contribution in [0.25, 0.3) is 10.8 Å². The van der Waals surface area contributed by atoms with Crippen LogP contribution in [-0.4, -0.2) is 6.29 Å². The van der Waals surface area contributed by atoms with Crippen LogP contribution in [0.5, 0.6) is 0 Å². The molecule has 3 aromatic carbocycles. The van der Waals surface area contributed by atoms with Crippen LogP contribution in [0, 0.1) is 0 Å². The highest BCUT2D eigenvalue weighted by Crippen LogP contribution is 2.29. The molecule has 0 atom stereocenters. The summed E-state index contributed by atoms with van der Waals surface area (Å²) in [6, 6.07) is 21.7. The van der Waals surface area contributed by atoms with Crippen molar-refractivity contribution in [2.24, 2.45) is 0 Å². The first kappa shape index (κ1) is 11.5. The van der Waals surface area contributed by atoms with Crippen molar-refractivity contribution in [1.29, 1.82) is 0 Å². The predicted octanol–water partition coefficient (Wildman–Crippen LogP) is 4.40. The van der Waals surface area contributed by atoms with E-state index in [9.17, 15) is 4.79 Å². The van der Waals surface area contributed by atoms with Crippen LogP contribution in [0.4, 0.5) is 11.4 Å². The Hall–Kier alpha value is -2.61. The van der Waals surface area contributed by atoms with E-state index in [0.717, 1.165) is 28.4 Å². The van der Waals surface area contributed by atoms with Crippen LogP contribution in [-0.2, 0) is 0 Å². The van der Waals surface area contributed by atoms with Crippen molar-refractivity contribution in [2.45, 2.75) is 0 Å². The van der Waals surface area contributed by atoms with Gasteiger partial charge in [0.15, 0.2) is 6.29 Å². The number of hydrogen-bond acceptors (Lipinski definition) is 2. The number of carbonyl (C=O) groups excluding carboxylic acids is 1. The molecule has 1 N–H and O–H groups in total. The molecule has 0 bridgehead atoms. The lowest BCUT2D eigenvalue weighted by atomic mass is 10.0. The van der Waals surface area contributed by atoms with E-state index in [1.165, 1.54) is 0 Å². The van der Waals surface area contributed by atoms with Crippen molar-refractivity contribution in [3.63, 3.8) is 0 Å². The quantitative estimate of drug-likeness (QED) is 0.695. The summed E-state index contributed by atoms with van der Waals surface area (Å²) < 4.78 is 0. The number of nitrogens with one attached hydrogen (secondary N) is 1. The van der Waals surface area contributed by atoms with E-state index < -0.39 is 0 Å². The maximum absolute atomic E-state index is 11.2. The van der Waals surface area contributed by atoms with Gasteiger partial charge in [-0.1, -0.05) is 48.5 Å². The second-order valence-corrected chi connectivity index (χ2v) is 4.36. The Kier molecular flexibility index (Phi) is 2.99. The highest BCUT2D eigenvalue weighted by atomic mass is 16.1. The number of hydrogen-bond donors (Lipinski definition) is 1. The van der Waals surface area contributed by atoms with Crippen LogP contribution in [0.15, 0.2) is 66.7 Å². The number of fused-ring (bicyclic) bond motifs is 1. The Morgan fingerprint density at radius 1 is 0.789 bits per heavy atom. The van der Waals surface area contributed by atoms with E-state index in [1.54, 1.807) is 0 Å². The smallest absolute Gasteiger partial charge is 0.152 e. The molecule has 0 spiro atoms. The van der Waals surface area contributed by atoms with Gasteiger partial charge in [0.2, 0.25) is 0 Å². The lowest BCUT2D eigenvalue weighted by Gasteiger charge is -2.12. The minimum Gasteiger partial charge on any atom is -0.354 e. The molecule has 0 fully saturated rings. The molecule has 0 saturated heterocycles. The van der Waals surface area contributed by atoms with E-state index in [4.69, 9.17) is 0 Å². The fourth-order valence-corrected chi connectivity index (χ4v) is 2.19. The van der Waals surface area contributed by atoms with Crippen LogP contribution < -0.4 is 5.32 Å². The minimum absolute atomic E-state index is 0.669. The summed E-state index contributed by atoms with van der Waals surface area (Å²) in [5, 5.41) is 5.50. The van der Waals surface area contributed by atoms with Gasteiger partial charge in [0.25, 0.3) is 0 Å². The van der Waals surface area contributed by atoms with Gasteiger partial charge in [0, 0.05) is 16.6 Å². The Labute approximate surface area is 111 Å². The molecule has 19 heavy (non-hydrogen) atoms. The lowest BCUT2D eigenvalue weighted by Crippen LogP contribution is -1.96. The average molecular weight is 247 g/mol. The molecule has 0 aliphatic carbocycles. The van der Waals surface area contributed by atoms with Crippen molar-refractivity contribution < 1.29 is 4.79 Å². The van der Waals surface area contributed by atoms with E-state index in [0.29, 0.717) is 5.56 Å². The van der Waals surface area contributed by atoms with Gasteiger partial charge < -0.3 is 5.32 Å². The summed E-state index contributed by atoms with van der Waals surface area (Å²) in [6.07, 6.45) is 0.887. The third-order valence-corrected chi connectivity index (χ3v) is 3.13. The zero-order valence-electron chi connectivity index (χ0n) is 10.3. The normalized spacial score (nSPS) is 10.3. The number of aldehydes is 1. The Balaban J connectivity index is 2.17. The Bertz CT molecular complexity index is 720. The summed E-state index contributed by atoms with van der Waals surface area (Å²) in [7, 11) is 0. The van der Waals surface area contributed by atoms with E-state index in [1.807, 2.05) is 66.7 Å². The third kappa shape index (κ3) is 2.20. The molecule has 2 heteroatoms. The van der Waals surface area contributed by atoms with Crippen molar-refractivity contribution >= 4 is 28.4 Å². The lowest BCUT2D eigenvalue weighted by molar-refractivity contribution is 0.112. The Morgan fingerprint density at radius 2 is 1.53 bits per heavy atom. The predicted molar refractivity (Wildman–Crippen MR) is 79.1 cm³/mol. The highest BCUT2D eigenvalue weighted by molar-refractivity contribution is 6.03. The van der Waals surface area contributed by atoms with Crippen LogP contribution in [0.2, 0.25) is 0 Å². The Morgan fingerprint density at radius 3 is 2.32 bits per heavy atom. The first-order chi connectivity index (χ1) is 9.38. The van der Waals surface area contributed by atoms with Gasteiger partial charge in [-0.3, -0.25) is 4.79 Å². The second kappa shape index (κ2) is 4.94. The van der Waals surface area contributed by atoms with Crippen LogP contribution in [0.3, 0.4) is 0 Å². The number of benzene rings is 3. The van der Waals surface area contributed by atoms with Crippen molar-refractivity contribution in [1.82, 2.24) is 0 Å².